The van der Waals surface area contributed by atoms with E-state index in [2.05, 4.69) is 24.9 Å². The van der Waals surface area contributed by atoms with E-state index in [0.29, 0.717) is 31.6 Å². The first-order chi connectivity index (χ1) is 16.3. The molecule has 3 aromatic heterocycles. The molecule has 0 radical (unpaired) electrons. The molecule has 1 aliphatic heterocycles. The standard InChI is InChI=1S/C21H15F3N8O2/c1-26-18-3-2-14(12-27-18)32-19(33)8-17(16(9-25)30-32)34-15-4-6-31(7-5-15)20-28-10-13(11-29-20)21(22,23)24/h2-3,8,10-12,15H,4-7H2. The van der Waals surface area contributed by atoms with Crippen molar-refractivity contribution in [1.82, 2.24) is 24.7 Å². The van der Waals surface area contributed by atoms with E-state index in [1.165, 1.54) is 24.4 Å². The molecule has 1 saturated heterocycles. The fourth-order valence-electron chi connectivity index (χ4n) is 3.35. The van der Waals surface area contributed by atoms with Crippen LogP contribution in [0.2, 0.25) is 0 Å². The summed E-state index contributed by atoms with van der Waals surface area (Å²) >= 11 is 0. The Bertz CT molecular complexity index is 1320. The average Bonchev–Trinajstić information content (AvgIpc) is 2.84. The van der Waals surface area contributed by atoms with Crippen molar-refractivity contribution in [2.24, 2.45) is 0 Å². The van der Waals surface area contributed by atoms with E-state index in [9.17, 15) is 23.2 Å². The molecule has 13 heteroatoms. The Morgan fingerprint density at radius 3 is 2.41 bits per heavy atom. The van der Waals surface area contributed by atoms with Crippen LogP contribution in [0.4, 0.5) is 24.9 Å². The van der Waals surface area contributed by atoms with Crippen molar-refractivity contribution in [3.8, 4) is 17.5 Å². The Kier molecular flexibility index (Phi) is 6.10. The first kappa shape index (κ1) is 22.7. The monoisotopic (exact) mass is 468 g/mol. The maximum Gasteiger partial charge on any atom is 0.419 e. The fourth-order valence-corrected chi connectivity index (χ4v) is 3.35. The minimum absolute atomic E-state index is 0.0405. The predicted octanol–water partition coefficient (Wildman–Crippen LogP) is 2.91. The molecule has 1 aliphatic rings. The van der Waals surface area contributed by atoms with Gasteiger partial charge in [-0.2, -0.15) is 23.1 Å². The summed E-state index contributed by atoms with van der Waals surface area (Å²) in [7, 11) is 0. The van der Waals surface area contributed by atoms with Gasteiger partial charge in [-0.15, -0.1) is 10.1 Å². The lowest BCUT2D eigenvalue weighted by atomic mass is 10.1. The van der Waals surface area contributed by atoms with Gasteiger partial charge in [0.05, 0.1) is 11.6 Å². The number of halogens is 3. The SMILES string of the molecule is [C-]#[N+]c1ccc(-n2nc(C#N)c(OC3CCN(c4ncc(C(F)(F)F)cn4)CC3)cc2=O)cn1. The summed E-state index contributed by atoms with van der Waals surface area (Å²) in [5, 5.41) is 13.5. The number of nitrogens with zero attached hydrogens (tertiary/aromatic N) is 8. The van der Waals surface area contributed by atoms with Crippen LogP contribution in [0.1, 0.15) is 24.1 Å². The second kappa shape index (κ2) is 9.15. The Morgan fingerprint density at radius 2 is 1.85 bits per heavy atom. The molecule has 0 aromatic carbocycles. The molecule has 4 heterocycles. The van der Waals surface area contributed by atoms with Crippen molar-refractivity contribution in [3.63, 3.8) is 0 Å². The lowest BCUT2D eigenvalue weighted by Crippen LogP contribution is -2.39. The highest BCUT2D eigenvalue weighted by Gasteiger charge is 2.32. The van der Waals surface area contributed by atoms with Crippen LogP contribution >= 0.6 is 0 Å². The molecule has 10 nitrogen and oxygen atoms in total. The number of anilines is 1. The van der Waals surface area contributed by atoms with Crippen LogP contribution in [0.15, 0.2) is 41.6 Å². The molecule has 34 heavy (non-hydrogen) atoms. The van der Waals surface area contributed by atoms with Gasteiger partial charge in [0.25, 0.3) is 11.4 Å². The van der Waals surface area contributed by atoms with Crippen molar-refractivity contribution >= 4 is 11.8 Å². The zero-order valence-corrected chi connectivity index (χ0v) is 17.4. The zero-order chi connectivity index (χ0) is 24.3. The van der Waals surface area contributed by atoms with E-state index in [0.717, 1.165) is 17.1 Å². The van der Waals surface area contributed by atoms with E-state index < -0.39 is 17.3 Å². The largest absolute Gasteiger partial charge is 0.487 e. The summed E-state index contributed by atoms with van der Waals surface area (Å²) < 4.78 is 44.9. The van der Waals surface area contributed by atoms with Crippen molar-refractivity contribution in [3.05, 3.63) is 69.8 Å². The lowest BCUT2D eigenvalue weighted by molar-refractivity contribution is -0.138. The number of piperidine rings is 1. The van der Waals surface area contributed by atoms with Gasteiger partial charge in [0.2, 0.25) is 11.6 Å². The van der Waals surface area contributed by atoms with Gasteiger partial charge in [-0.25, -0.2) is 9.97 Å². The minimum Gasteiger partial charge on any atom is -0.487 e. The van der Waals surface area contributed by atoms with E-state index in [4.69, 9.17) is 11.3 Å². The third-order valence-corrected chi connectivity index (χ3v) is 5.08. The maximum atomic E-state index is 12.7. The van der Waals surface area contributed by atoms with E-state index in [-0.39, 0.29) is 29.3 Å². The number of nitriles is 1. The molecular weight excluding hydrogens is 453 g/mol. The molecule has 0 unspecified atom stereocenters. The van der Waals surface area contributed by atoms with Crippen molar-refractivity contribution in [2.45, 2.75) is 25.1 Å². The Hall–Kier alpha value is -4.52. The van der Waals surface area contributed by atoms with Gasteiger partial charge in [0, 0.05) is 38.3 Å². The van der Waals surface area contributed by atoms with Gasteiger partial charge in [0.1, 0.15) is 24.1 Å². The van der Waals surface area contributed by atoms with Crippen LogP contribution < -0.4 is 15.2 Å². The fraction of sp³-hybridized carbons (Fsp3) is 0.286. The first-order valence-corrected chi connectivity index (χ1v) is 9.97. The zero-order valence-electron chi connectivity index (χ0n) is 17.4. The van der Waals surface area contributed by atoms with Crippen molar-refractivity contribution < 1.29 is 17.9 Å². The molecule has 172 valence electrons. The lowest BCUT2D eigenvalue weighted by Gasteiger charge is -2.32. The van der Waals surface area contributed by atoms with Crippen LogP contribution in [-0.2, 0) is 6.18 Å². The summed E-state index contributed by atoms with van der Waals surface area (Å²) in [6, 6.07) is 6.00. The highest BCUT2D eigenvalue weighted by atomic mass is 19.4. The molecule has 0 aliphatic carbocycles. The topological polar surface area (TPSA) is 114 Å². The number of pyridine rings is 1. The number of hydrogen-bond acceptors (Lipinski definition) is 8. The van der Waals surface area contributed by atoms with Crippen LogP contribution in [0, 0.1) is 17.9 Å². The van der Waals surface area contributed by atoms with Crippen LogP contribution in [0.5, 0.6) is 5.75 Å². The molecule has 0 amide bonds. The molecule has 0 N–H and O–H groups in total. The smallest absolute Gasteiger partial charge is 0.419 e. The average molecular weight is 468 g/mol. The molecule has 0 atom stereocenters. The molecule has 1 fully saturated rings. The Morgan fingerprint density at radius 1 is 1.15 bits per heavy atom. The Balaban J connectivity index is 1.44. The van der Waals surface area contributed by atoms with E-state index >= 15 is 0 Å². The Labute approximate surface area is 190 Å². The van der Waals surface area contributed by atoms with Gasteiger partial charge in [-0.3, -0.25) is 4.79 Å². The van der Waals surface area contributed by atoms with Gasteiger partial charge >= 0.3 is 6.18 Å². The highest BCUT2D eigenvalue weighted by molar-refractivity contribution is 5.42. The van der Waals surface area contributed by atoms with E-state index in [1.54, 1.807) is 4.90 Å². The number of alkyl halides is 3. The summed E-state index contributed by atoms with van der Waals surface area (Å²) in [5.74, 6) is 0.385. The molecule has 0 bridgehead atoms. The highest BCUT2D eigenvalue weighted by Crippen LogP contribution is 2.29. The summed E-state index contributed by atoms with van der Waals surface area (Å²) in [6.07, 6.45) is -1.10. The van der Waals surface area contributed by atoms with Gasteiger partial charge in [-0.1, -0.05) is 6.57 Å². The van der Waals surface area contributed by atoms with Crippen LogP contribution in [0.3, 0.4) is 0 Å². The molecule has 0 saturated carbocycles. The second-order valence-electron chi connectivity index (χ2n) is 7.28. The number of ether oxygens (including phenoxy) is 1. The predicted molar refractivity (Wildman–Crippen MR) is 112 cm³/mol. The summed E-state index contributed by atoms with van der Waals surface area (Å²) in [4.78, 5) is 29.0. The summed E-state index contributed by atoms with van der Waals surface area (Å²) in [5.41, 5.74) is -1.26. The molecule has 0 spiro atoms. The van der Waals surface area contributed by atoms with Gasteiger partial charge in [0.15, 0.2) is 5.75 Å². The van der Waals surface area contributed by atoms with Crippen molar-refractivity contribution in [1.29, 1.82) is 5.26 Å². The summed E-state index contributed by atoms with van der Waals surface area (Å²) in [6.45, 7) is 7.77. The number of rotatable bonds is 4. The maximum absolute atomic E-state index is 12.7. The number of hydrogen-bond donors (Lipinski definition) is 0. The van der Waals surface area contributed by atoms with Crippen LogP contribution in [0.25, 0.3) is 10.5 Å². The quantitative estimate of drug-likeness (QED) is 0.537. The van der Waals surface area contributed by atoms with Crippen molar-refractivity contribution in [2.75, 3.05) is 18.0 Å². The third-order valence-electron chi connectivity index (χ3n) is 5.08. The van der Waals surface area contributed by atoms with E-state index in [1.807, 2.05) is 6.07 Å². The van der Waals surface area contributed by atoms with Gasteiger partial charge < -0.3 is 14.5 Å². The van der Waals surface area contributed by atoms with Gasteiger partial charge in [-0.05, 0) is 12.1 Å². The molecular formula is C21H15F3N8O2. The normalized spacial score (nSPS) is 14.3. The van der Waals surface area contributed by atoms with Crippen LogP contribution in [-0.4, -0.2) is 43.9 Å². The second-order valence-corrected chi connectivity index (χ2v) is 7.28. The third kappa shape index (κ3) is 4.78. The minimum atomic E-state index is -4.50. The number of aromatic nitrogens is 5. The first-order valence-electron chi connectivity index (χ1n) is 9.97. The molecule has 4 rings (SSSR count). The molecule has 3 aromatic rings.